The molecule has 0 radical (unpaired) electrons. The van der Waals surface area contributed by atoms with Crippen molar-refractivity contribution in [2.75, 3.05) is 13.0 Å². The number of halogens is 1. The van der Waals surface area contributed by atoms with Gasteiger partial charge >= 0.3 is 0 Å². The van der Waals surface area contributed by atoms with E-state index in [0.717, 1.165) is 23.3 Å². The smallest absolute Gasteiger partial charge is 0.235 e. The Bertz CT molecular complexity index is 366. The molecular weight excluding hydrogens is 226 g/mol. The van der Waals surface area contributed by atoms with Gasteiger partial charge in [0.2, 0.25) is 5.91 Å². The molecule has 3 nitrogen and oxygen atoms in total. The molecule has 0 fully saturated rings. The summed E-state index contributed by atoms with van der Waals surface area (Å²) in [5.41, 5.74) is 2.19. The van der Waals surface area contributed by atoms with Gasteiger partial charge in [-0.05, 0) is 23.6 Å². The van der Waals surface area contributed by atoms with Crippen molar-refractivity contribution in [2.45, 2.75) is 19.9 Å². The van der Waals surface area contributed by atoms with Gasteiger partial charge < -0.3 is 10.1 Å². The lowest BCUT2D eigenvalue weighted by Gasteiger charge is -2.09. The zero-order valence-corrected chi connectivity index (χ0v) is 10.3. The molecule has 1 rings (SSSR count). The highest BCUT2D eigenvalue weighted by Gasteiger charge is 2.03. The topological polar surface area (TPSA) is 38.3 Å². The monoisotopic (exact) mass is 241 g/mol. The van der Waals surface area contributed by atoms with E-state index < -0.39 is 0 Å². The summed E-state index contributed by atoms with van der Waals surface area (Å²) in [5, 5.41) is 2.73. The molecular formula is C12H16ClNO2. The lowest BCUT2D eigenvalue weighted by molar-refractivity contribution is -0.118. The van der Waals surface area contributed by atoms with Crippen molar-refractivity contribution in [1.82, 2.24) is 5.32 Å². The zero-order chi connectivity index (χ0) is 12.0. The van der Waals surface area contributed by atoms with Crippen LogP contribution in [0.3, 0.4) is 0 Å². The molecule has 0 saturated carbocycles. The summed E-state index contributed by atoms with van der Waals surface area (Å²) in [6.45, 7) is 2.57. The minimum Gasteiger partial charge on any atom is -0.496 e. The lowest BCUT2D eigenvalue weighted by atomic mass is 10.1. The fourth-order valence-corrected chi connectivity index (χ4v) is 1.56. The summed E-state index contributed by atoms with van der Waals surface area (Å²) < 4.78 is 5.23. The minimum atomic E-state index is -0.157. The van der Waals surface area contributed by atoms with Crippen LogP contribution in [0, 0.1) is 0 Å². The van der Waals surface area contributed by atoms with Gasteiger partial charge in [0, 0.05) is 6.54 Å². The van der Waals surface area contributed by atoms with Gasteiger partial charge in [-0.1, -0.05) is 19.1 Å². The van der Waals surface area contributed by atoms with Crippen LogP contribution in [-0.2, 0) is 17.8 Å². The van der Waals surface area contributed by atoms with Gasteiger partial charge in [0.25, 0.3) is 0 Å². The Morgan fingerprint density at radius 1 is 1.50 bits per heavy atom. The lowest BCUT2D eigenvalue weighted by Crippen LogP contribution is -2.23. The number of nitrogens with one attached hydrogen (secondary N) is 1. The van der Waals surface area contributed by atoms with Gasteiger partial charge in [-0.3, -0.25) is 4.79 Å². The second kappa shape index (κ2) is 6.38. The van der Waals surface area contributed by atoms with Crippen LogP contribution in [0.25, 0.3) is 0 Å². The van der Waals surface area contributed by atoms with Crippen molar-refractivity contribution in [1.29, 1.82) is 0 Å². The predicted molar refractivity (Wildman–Crippen MR) is 64.9 cm³/mol. The molecule has 0 atom stereocenters. The first-order chi connectivity index (χ1) is 7.71. The maximum absolute atomic E-state index is 11.0. The van der Waals surface area contributed by atoms with E-state index in [1.165, 1.54) is 0 Å². The second-order valence-electron chi connectivity index (χ2n) is 3.41. The average molecular weight is 242 g/mol. The van der Waals surface area contributed by atoms with Crippen molar-refractivity contribution in [2.24, 2.45) is 0 Å². The van der Waals surface area contributed by atoms with Crippen molar-refractivity contribution < 1.29 is 9.53 Å². The van der Waals surface area contributed by atoms with Gasteiger partial charge in [-0.15, -0.1) is 11.6 Å². The second-order valence-corrected chi connectivity index (χ2v) is 3.68. The minimum absolute atomic E-state index is 0.00318. The number of methoxy groups -OCH3 is 1. The summed E-state index contributed by atoms with van der Waals surface area (Å²) in [5.74, 6) is 0.724. The number of alkyl halides is 1. The molecule has 0 aliphatic carbocycles. The molecule has 88 valence electrons. The quantitative estimate of drug-likeness (QED) is 0.802. The van der Waals surface area contributed by atoms with Gasteiger partial charge in [-0.2, -0.15) is 0 Å². The van der Waals surface area contributed by atoms with E-state index >= 15 is 0 Å². The first-order valence-corrected chi connectivity index (χ1v) is 5.73. The molecule has 0 heterocycles. The van der Waals surface area contributed by atoms with Crippen molar-refractivity contribution in [3.63, 3.8) is 0 Å². The Labute approximate surface area is 101 Å². The number of rotatable bonds is 5. The molecule has 1 aromatic rings. The van der Waals surface area contributed by atoms with Crippen LogP contribution in [0.2, 0.25) is 0 Å². The molecule has 0 bridgehead atoms. The summed E-state index contributed by atoms with van der Waals surface area (Å²) in [7, 11) is 1.66. The molecule has 0 saturated heterocycles. The van der Waals surface area contributed by atoms with Crippen LogP contribution >= 0.6 is 11.6 Å². The standard InChI is InChI=1S/C12H16ClNO2/c1-3-10-6-9(4-5-11(10)16-2)8-14-12(15)7-13/h4-6H,3,7-8H2,1-2H3,(H,14,15). The predicted octanol–water partition coefficient (Wildman–Crippen LogP) is 2.11. The Balaban J connectivity index is 2.71. The first-order valence-electron chi connectivity index (χ1n) is 5.19. The zero-order valence-electron chi connectivity index (χ0n) is 9.55. The van der Waals surface area contributed by atoms with Crippen LogP contribution in [0.5, 0.6) is 5.75 Å². The number of hydrogen-bond donors (Lipinski definition) is 1. The Morgan fingerprint density at radius 2 is 2.25 bits per heavy atom. The molecule has 1 N–H and O–H groups in total. The normalized spacial score (nSPS) is 9.94. The number of aryl methyl sites for hydroxylation is 1. The fraction of sp³-hybridized carbons (Fsp3) is 0.417. The summed E-state index contributed by atoms with van der Waals surface area (Å²) in [6, 6.07) is 5.89. The van der Waals surface area contributed by atoms with Crippen LogP contribution in [0.1, 0.15) is 18.1 Å². The van der Waals surface area contributed by atoms with Gasteiger partial charge in [0.1, 0.15) is 11.6 Å². The molecule has 0 spiro atoms. The molecule has 0 aliphatic heterocycles. The molecule has 4 heteroatoms. The third-order valence-electron chi connectivity index (χ3n) is 2.34. The summed E-state index contributed by atoms with van der Waals surface area (Å²) >= 11 is 5.39. The third kappa shape index (κ3) is 3.42. The summed E-state index contributed by atoms with van der Waals surface area (Å²) in [6.07, 6.45) is 0.903. The number of ether oxygens (including phenoxy) is 1. The van der Waals surface area contributed by atoms with Crippen molar-refractivity contribution in [3.05, 3.63) is 29.3 Å². The maximum atomic E-state index is 11.0. The highest BCUT2D eigenvalue weighted by Crippen LogP contribution is 2.20. The Morgan fingerprint density at radius 3 is 2.81 bits per heavy atom. The van der Waals surface area contributed by atoms with Gasteiger partial charge in [-0.25, -0.2) is 0 Å². The molecule has 1 amide bonds. The molecule has 1 aromatic carbocycles. The molecule has 0 aliphatic rings. The van der Waals surface area contributed by atoms with E-state index in [-0.39, 0.29) is 11.8 Å². The van der Waals surface area contributed by atoms with Crippen LogP contribution in [-0.4, -0.2) is 18.9 Å². The average Bonchev–Trinajstić information content (AvgIpc) is 2.35. The largest absolute Gasteiger partial charge is 0.496 e. The Kier molecular flexibility index (Phi) is 5.12. The maximum Gasteiger partial charge on any atom is 0.235 e. The highest BCUT2D eigenvalue weighted by atomic mass is 35.5. The van der Waals surface area contributed by atoms with E-state index in [1.54, 1.807) is 7.11 Å². The summed E-state index contributed by atoms with van der Waals surface area (Å²) in [4.78, 5) is 11.0. The van der Waals surface area contributed by atoms with E-state index in [4.69, 9.17) is 16.3 Å². The van der Waals surface area contributed by atoms with Gasteiger partial charge in [0.15, 0.2) is 0 Å². The third-order valence-corrected chi connectivity index (χ3v) is 2.58. The van der Waals surface area contributed by atoms with Crippen molar-refractivity contribution >= 4 is 17.5 Å². The van der Waals surface area contributed by atoms with Crippen LogP contribution < -0.4 is 10.1 Å². The Hall–Kier alpha value is -1.22. The van der Waals surface area contributed by atoms with Crippen LogP contribution in [0.4, 0.5) is 0 Å². The SMILES string of the molecule is CCc1cc(CNC(=O)CCl)ccc1OC. The van der Waals surface area contributed by atoms with Crippen molar-refractivity contribution in [3.8, 4) is 5.75 Å². The van der Waals surface area contributed by atoms with E-state index in [1.807, 2.05) is 18.2 Å². The number of hydrogen-bond acceptors (Lipinski definition) is 2. The molecule has 16 heavy (non-hydrogen) atoms. The molecule has 0 aromatic heterocycles. The highest BCUT2D eigenvalue weighted by molar-refractivity contribution is 6.27. The number of carbonyl (C=O) groups is 1. The van der Waals surface area contributed by atoms with Gasteiger partial charge in [0.05, 0.1) is 7.11 Å². The first kappa shape index (κ1) is 12.8. The number of amides is 1. The van der Waals surface area contributed by atoms with E-state index in [0.29, 0.717) is 6.54 Å². The molecule has 0 unspecified atom stereocenters. The van der Waals surface area contributed by atoms with E-state index in [9.17, 15) is 4.79 Å². The van der Waals surface area contributed by atoms with Crippen LogP contribution in [0.15, 0.2) is 18.2 Å². The van der Waals surface area contributed by atoms with E-state index in [2.05, 4.69) is 12.2 Å². The number of carbonyl (C=O) groups excluding carboxylic acids is 1. The fourth-order valence-electron chi connectivity index (χ4n) is 1.47. The number of benzene rings is 1.